The minimum Gasteiger partial charge on any atom is -0.336 e. The zero-order valence-corrected chi connectivity index (χ0v) is 11.9. The van der Waals surface area contributed by atoms with E-state index in [4.69, 9.17) is 0 Å². The molecule has 0 radical (unpaired) electrons. The number of nitrogens with one attached hydrogen (secondary N) is 3. The Balaban J connectivity index is 1.70. The fourth-order valence-corrected chi connectivity index (χ4v) is 3.13. The first-order valence-electron chi connectivity index (χ1n) is 5.77. The van der Waals surface area contributed by atoms with E-state index in [2.05, 4.69) is 31.9 Å². The lowest BCUT2D eigenvalue weighted by atomic mass is 10.1. The molecule has 1 aromatic heterocycles. The van der Waals surface area contributed by atoms with E-state index in [-0.39, 0.29) is 6.03 Å². The summed E-state index contributed by atoms with van der Waals surface area (Å²) < 4.78 is 1.02. The van der Waals surface area contributed by atoms with Crippen molar-refractivity contribution in [2.24, 2.45) is 0 Å². The van der Waals surface area contributed by atoms with E-state index in [0.29, 0.717) is 12.6 Å². The Kier molecular flexibility index (Phi) is 4.82. The van der Waals surface area contributed by atoms with Gasteiger partial charge < -0.3 is 10.6 Å². The van der Waals surface area contributed by atoms with Gasteiger partial charge in [-0.2, -0.15) is 0 Å². The number of urea groups is 1. The van der Waals surface area contributed by atoms with E-state index in [9.17, 15) is 4.79 Å². The van der Waals surface area contributed by atoms with Gasteiger partial charge in [0.1, 0.15) is 0 Å². The highest BCUT2D eigenvalue weighted by molar-refractivity contribution is 9.11. The highest BCUT2D eigenvalue weighted by Gasteiger charge is 2.13. The van der Waals surface area contributed by atoms with Crippen LogP contribution < -0.4 is 16.0 Å². The van der Waals surface area contributed by atoms with E-state index >= 15 is 0 Å². The summed E-state index contributed by atoms with van der Waals surface area (Å²) in [5.41, 5.74) is 0. The molecule has 2 heterocycles. The van der Waals surface area contributed by atoms with Gasteiger partial charge in [-0.15, -0.1) is 11.3 Å². The monoisotopic (exact) mass is 317 g/mol. The van der Waals surface area contributed by atoms with Crippen molar-refractivity contribution in [1.82, 2.24) is 10.6 Å². The Hall–Kier alpha value is -0.590. The Bertz CT molecular complexity index is 377. The van der Waals surface area contributed by atoms with Crippen molar-refractivity contribution in [2.75, 3.05) is 18.4 Å². The van der Waals surface area contributed by atoms with Crippen LogP contribution >= 0.6 is 27.3 Å². The third-order valence-corrected chi connectivity index (χ3v) is 4.27. The van der Waals surface area contributed by atoms with Crippen molar-refractivity contribution in [1.29, 1.82) is 0 Å². The molecule has 1 saturated heterocycles. The number of amides is 2. The van der Waals surface area contributed by atoms with Crippen molar-refractivity contribution >= 4 is 38.3 Å². The van der Waals surface area contributed by atoms with Gasteiger partial charge in [-0.25, -0.2) is 4.79 Å². The number of anilines is 1. The lowest BCUT2D eigenvalue weighted by Gasteiger charge is -2.23. The second-order valence-corrected chi connectivity index (χ2v) is 6.55. The maximum atomic E-state index is 11.6. The average Bonchev–Trinajstić information content (AvgIpc) is 2.73. The Morgan fingerprint density at radius 2 is 2.41 bits per heavy atom. The molecule has 1 aromatic rings. The molecule has 0 spiro atoms. The molecular formula is C11H16BrN3OS. The number of hydrogen-bond acceptors (Lipinski definition) is 3. The standard InChI is InChI=1S/C11H16BrN3OS/c12-9-4-5-10(17-9)15-11(16)14-7-8-3-1-2-6-13-8/h4-5,8,13H,1-3,6-7H2,(H2,14,15,16). The van der Waals surface area contributed by atoms with Gasteiger partial charge in [0.2, 0.25) is 0 Å². The van der Waals surface area contributed by atoms with Gasteiger partial charge in [-0.1, -0.05) is 6.42 Å². The predicted molar refractivity (Wildman–Crippen MR) is 74.7 cm³/mol. The number of piperidine rings is 1. The third kappa shape index (κ3) is 4.29. The van der Waals surface area contributed by atoms with Gasteiger partial charge in [0.05, 0.1) is 8.79 Å². The summed E-state index contributed by atoms with van der Waals surface area (Å²) in [6, 6.07) is 4.09. The van der Waals surface area contributed by atoms with E-state index in [0.717, 1.165) is 21.8 Å². The zero-order valence-electron chi connectivity index (χ0n) is 9.46. The highest BCUT2D eigenvalue weighted by Crippen LogP contribution is 2.26. The summed E-state index contributed by atoms with van der Waals surface area (Å²) in [6.07, 6.45) is 3.63. The van der Waals surface area contributed by atoms with Gasteiger partial charge in [0.15, 0.2) is 0 Å². The molecule has 1 aliphatic rings. The lowest BCUT2D eigenvalue weighted by molar-refractivity contribution is 0.249. The number of rotatable bonds is 3. The summed E-state index contributed by atoms with van der Waals surface area (Å²) in [5, 5.41) is 9.95. The maximum absolute atomic E-state index is 11.6. The molecule has 0 saturated carbocycles. The van der Waals surface area contributed by atoms with E-state index in [1.807, 2.05) is 12.1 Å². The largest absolute Gasteiger partial charge is 0.336 e. The van der Waals surface area contributed by atoms with Gasteiger partial charge in [0, 0.05) is 12.6 Å². The van der Waals surface area contributed by atoms with Crippen LogP contribution in [0.5, 0.6) is 0 Å². The van der Waals surface area contributed by atoms with Gasteiger partial charge >= 0.3 is 6.03 Å². The van der Waals surface area contributed by atoms with Crippen LogP contribution in [0.3, 0.4) is 0 Å². The van der Waals surface area contributed by atoms with E-state index < -0.39 is 0 Å². The summed E-state index contributed by atoms with van der Waals surface area (Å²) >= 11 is 4.87. The summed E-state index contributed by atoms with van der Waals surface area (Å²) in [4.78, 5) is 11.6. The maximum Gasteiger partial charge on any atom is 0.319 e. The second-order valence-electron chi connectivity index (χ2n) is 4.09. The molecule has 0 aliphatic carbocycles. The van der Waals surface area contributed by atoms with Crippen LogP contribution in [0.4, 0.5) is 9.80 Å². The van der Waals surface area contributed by atoms with Crippen LogP contribution in [-0.4, -0.2) is 25.2 Å². The molecule has 6 heteroatoms. The minimum atomic E-state index is -0.133. The van der Waals surface area contributed by atoms with Crippen molar-refractivity contribution in [2.45, 2.75) is 25.3 Å². The van der Waals surface area contributed by atoms with Gasteiger partial charge in [-0.3, -0.25) is 5.32 Å². The lowest BCUT2D eigenvalue weighted by Crippen LogP contribution is -2.44. The number of halogens is 1. The third-order valence-electron chi connectivity index (χ3n) is 2.73. The van der Waals surface area contributed by atoms with Crippen LogP contribution in [0.25, 0.3) is 0 Å². The zero-order chi connectivity index (χ0) is 12.1. The molecule has 94 valence electrons. The Labute approximate surface area is 113 Å². The molecule has 2 amide bonds. The van der Waals surface area contributed by atoms with Crippen molar-refractivity contribution < 1.29 is 4.79 Å². The van der Waals surface area contributed by atoms with E-state index in [1.165, 1.54) is 24.2 Å². The van der Waals surface area contributed by atoms with Crippen molar-refractivity contribution in [3.8, 4) is 0 Å². The number of thiophene rings is 1. The topological polar surface area (TPSA) is 53.2 Å². The predicted octanol–water partition coefficient (Wildman–Crippen LogP) is 2.77. The van der Waals surface area contributed by atoms with Crippen LogP contribution in [0.1, 0.15) is 19.3 Å². The van der Waals surface area contributed by atoms with Crippen molar-refractivity contribution in [3.05, 3.63) is 15.9 Å². The molecule has 17 heavy (non-hydrogen) atoms. The van der Waals surface area contributed by atoms with Crippen LogP contribution in [0, 0.1) is 0 Å². The van der Waals surface area contributed by atoms with E-state index in [1.54, 1.807) is 0 Å². The summed E-state index contributed by atoms with van der Waals surface area (Å²) in [6.45, 7) is 1.75. The summed E-state index contributed by atoms with van der Waals surface area (Å²) in [5.74, 6) is 0. The minimum absolute atomic E-state index is 0.133. The van der Waals surface area contributed by atoms with Gasteiger partial charge in [0.25, 0.3) is 0 Å². The molecular weight excluding hydrogens is 302 g/mol. The molecule has 2 rings (SSSR count). The fourth-order valence-electron chi connectivity index (χ4n) is 1.85. The normalized spacial score (nSPS) is 19.9. The van der Waals surface area contributed by atoms with Crippen LogP contribution in [0.15, 0.2) is 15.9 Å². The number of hydrogen-bond donors (Lipinski definition) is 3. The first-order valence-corrected chi connectivity index (χ1v) is 7.38. The molecule has 1 unspecified atom stereocenters. The molecule has 4 nitrogen and oxygen atoms in total. The molecule has 1 aliphatic heterocycles. The molecule has 1 fully saturated rings. The molecule has 0 bridgehead atoms. The number of carbonyl (C=O) groups excluding carboxylic acids is 1. The van der Waals surface area contributed by atoms with Crippen LogP contribution in [-0.2, 0) is 0 Å². The van der Waals surface area contributed by atoms with Crippen LogP contribution in [0.2, 0.25) is 0 Å². The Morgan fingerprint density at radius 3 is 3.06 bits per heavy atom. The highest BCUT2D eigenvalue weighted by atomic mass is 79.9. The summed E-state index contributed by atoms with van der Waals surface area (Å²) in [7, 11) is 0. The van der Waals surface area contributed by atoms with Crippen molar-refractivity contribution in [3.63, 3.8) is 0 Å². The first-order chi connectivity index (χ1) is 8.24. The molecule has 0 aromatic carbocycles. The SMILES string of the molecule is O=C(NCC1CCCCN1)Nc1ccc(Br)s1. The fraction of sp³-hybridized carbons (Fsp3) is 0.545. The molecule has 1 atom stereocenters. The number of carbonyl (C=O) groups is 1. The smallest absolute Gasteiger partial charge is 0.319 e. The Morgan fingerprint density at radius 1 is 1.53 bits per heavy atom. The van der Waals surface area contributed by atoms with Gasteiger partial charge in [-0.05, 0) is 47.4 Å². The molecule has 3 N–H and O–H groups in total. The quantitative estimate of drug-likeness (QED) is 0.803. The second kappa shape index (κ2) is 6.37. The average molecular weight is 318 g/mol. The first kappa shape index (κ1) is 12.9.